The van der Waals surface area contributed by atoms with Gasteiger partial charge in [-0.3, -0.25) is 4.98 Å². The second kappa shape index (κ2) is 2.29. The number of hydrogen-bond acceptors (Lipinski definition) is 5. The van der Waals surface area contributed by atoms with Crippen LogP contribution in [0.25, 0.3) is 11.4 Å². The largest absolute Gasteiger partial charge is 0.254 e. The average molecular weight is 171 g/mol. The van der Waals surface area contributed by atoms with E-state index in [-0.39, 0.29) is 0 Å². The summed E-state index contributed by atoms with van der Waals surface area (Å²) in [6, 6.07) is 3.93. The van der Waals surface area contributed by atoms with E-state index in [1.54, 1.807) is 6.20 Å². The van der Waals surface area contributed by atoms with E-state index in [4.69, 9.17) is 0 Å². The molecule has 0 saturated heterocycles. The van der Waals surface area contributed by atoms with Gasteiger partial charge in [-0.2, -0.15) is 0 Å². The Balaban J connectivity index is 2.32. The van der Waals surface area contributed by atoms with Crippen LogP contribution in [0.5, 0.6) is 0 Å². The molecule has 3 rings (SSSR count). The van der Waals surface area contributed by atoms with Crippen LogP contribution in [0.2, 0.25) is 0 Å². The summed E-state index contributed by atoms with van der Waals surface area (Å²) in [4.78, 5) is 4.23. The van der Waals surface area contributed by atoms with Gasteiger partial charge in [-0.15, -0.1) is 10.2 Å². The fourth-order valence-corrected chi connectivity index (χ4v) is 1.52. The van der Waals surface area contributed by atoms with Crippen LogP contribution in [0.15, 0.2) is 18.3 Å². The van der Waals surface area contributed by atoms with Crippen molar-refractivity contribution in [2.75, 3.05) is 0 Å². The third kappa shape index (κ3) is 0.837. The number of hydrogen-bond donors (Lipinski definition) is 0. The molecular weight excluding hydrogens is 166 g/mol. The average Bonchev–Trinajstić information content (AvgIpc) is 2.56. The fraction of sp³-hybridized carbons (Fsp3) is 0.125. The van der Waals surface area contributed by atoms with Crippen LogP contribution in [0, 0.1) is 0 Å². The summed E-state index contributed by atoms with van der Waals surface area (Å²) in [7, 11) is 0. The molecule has 0 atom stereocenters. The third-order valence-electron chi connectivity index (χ3n) is 2.10. The summed E-state index contributed by atoms with van der Waals surface area (Å²) < 4.78 is 0. The number of pyridine rings is 1. The van der Waals surface area contributed by atoms with Crippen molar-refractivity contribution < 1.29 is 0 Å². The molecule has 0 fully saturated rings. The molecule has 0 amide bonds. The Labute approximate surface area is 73.9 Å². The van der Waals surface area contributed by atoms with Crippen molar-refractivity contribution >= 4 is 0 Å². The predicted octanol–water partition coefficient (Wildman–Crippen LogP) is 0.233. The highest BCUT2D eigenvalue weighted by Gasteiger charge is 2.22. The quantitative estimate of drug-likeness (QED) is 0.484. The van der Waals surface area contributed by atoms with E-state index in [9.17, 15) is 0 Å². The van der Waals surface area contributed by atoms with Crippen LogP contribution < -0.4 is 0 Å². The van der Waals surface area contributed by atoms with E-state index in [0.29, 0.717) is 0 Å². The maximum Gasteiger partial charge on any atom is 0.137 e. The van der Waals surface area contributed by atoms with Gasteiger partial charge in [0.25, 0.3) is 0 Å². The molecule has 0 aromatic carbocycles. The molecule has 1 aliphatic carbocycles. The van der Waals surface area contributed by atoms with Crippen molar-refractivity contribution in [2.45, 2.75) is 6.42 Å². The van der Waals surface area contributed by atoms with Crippen molar-refractivity contribution in [3.8, 4) is 11.4 Å². The maximum atomic E-state index is 4.23. The van der Waals surface area contributed by atoms with Crippen molar-refractivity contribution in [2.24, 2.45) is 0 Å². The lowest BCUT2D eigenvalue weighted by Gasteiger charge is -1.93. The summed E-state index contributed by atoms with van der Waals surface area (Å²) >= 11 is 0. The second-order valence-corrected chi connectivity index (χ2v) is 2.86. The molecule has 0 spiro atoms. The lowest BCUT2D eigenvalue weighted by molar-refractivity contribution is 0.745. The molecule has 1 aliphatic rings. The standard InChI is InChI=1S/C8H5N5/c1-2-5-4-6-8(7(5)9-3-1)11-13-12-10-6/h1-3H,4H2. The molecule has 0 unspecified atom stereocenters. The van der Waals surface area contributed by atoms with Crippen molar-refractivity contribution in [3.05, 3.63) is 29.6 Å². The molecule has 0 aliphatic heterocycles. The van der Waals surface area contributed by atoms with E-state index < -0.39 is 0 Å². The molecule has 0 bridgehead atoms. The minimum atomic E-state index is 0.765. The Morgan fingerprint density at radius 1 is 1.08 bits per heavy atom. The van der Waals surface area contributed by atoms with Crippen molar-refractivity contribution in [1.29, 1.82) is 0 Å². The Morgan fingerprint density at radius 3 is 3.00 bits per heavy atom. The number of nitrogens with zero attached hydrogens (tertiary/aromatic N) is 5. The molecule has 62 valence electrons. The SMILES string of the molecule is c1cnc2c(c1)Cc1nnnnc1-2. The van der Waals surface area contributed by atoms with Gasteiger partial charge in [0.05, 0.1) is 11.4 Å². The lowest BCUT2D eigenvalue weighted by Crippen LogP contribution is -1.97. The first-order valence-corrected chi connectivity index (χ1v) is 3.94. The van der Waals surface area contributed by atoms with E-state index in [0.717, 1.165) is 29.1 Å². The molecule has 0 N–H and O–H groups in total. The smallest absolute Gasteiger partial charge is 0.137 e. The van der Waals surface area contributed by atoms with Crippen LogP contribution in [0.3, 0.4) is 0 Å². The maximum absolute atomic E-state index is 4.23. The zero-order valence-electron chi connectivity index (χ0n) is 6.68. The number of aromatic nitrogens is 5. The normalized spacial score (nSPS) is 12.3. The van der Waals surface area contributed by atoms with Gasteiger partial charge in [0.2, 0.25) is 0 Å². The predicted molar refractivity (Wildman–Crippen MR) is 43.7 cm³/mol. The minimum Gasteiger partial charge on any atom is -0.254 e. The fourth-order valence-electron chi connectivity index (χ4n) is 1.52. The van der Waals surface area contributed by atoms with Crippen LogP contribution in [0.4, 0.5) is 0 Å². The van der Waals surface area contributed by atoms with Crippen LogP contribution >= 0.6 is 0 Å². The topological polar surface area (TPSA) is 64.5 Å². The lowest BCUT2D eigenvalue weighted by atomic mass is 10.2. The van der Waals surface area contributed by atoms with E-state index in [2.05, 4.69) is 25.6 Å². The summed E-state index contributed by atoms with van der Waals surface area (Å²) in [5, 5.41) is 14.8. The first-order chi connectivity index (χ1) is 6.45. The van der Waals surface area contributed by atoms with Gasteiger partial charge in [-0.1, -0.05) is 6.07 Å². The van der Waals surface area contributed by atoms with Gasteiger partial charge < -0.3 is 0 Å². The molecule has 5 heteroatoms. The highest BCUT2D eigenvalue weighted by molar-refractivity contribution is 5.66. The summed E-state index contributed by atoms with van der Waals surface area (Å²) in [5.74, 6) is 0. The Bertz CT molecular complexity index is 424. The molecule has 2 heterocycles. The summed E-state index contributed by atoms with van der Waals surface area (Å²) in [6.45, 7) is 0. The van der Waals surface area contributed by atoms with E-state index in [1.807, 2.05) is 12.1 Å². The molecule has 2 aromatic rings. The minimum absolute atomic E-state index is 0.765. The highest BCUT2D eigenvalue weighted by Crippen LogP contribution is 2.29. The highest BCUT2D eigenvalue weighted by atomic mass is 15.4. The zero-order valence-corrected chi connectivity index (χ0v) is 6.68. The van der Waals surface area contributed by atoms with Gasteiger partial charge in [0, 0.05) is 12.6 Å². The monoisotopic (exact) mass is 171 g/mol. The third-order valence-corrected chi connectivity index (χ3v) is 2.10. The first-order valence-electron chi connectivity index (χ1n) is 3.94. The number of fused-ring (bicyclic) bond motifs is 3. The van der Waals surface area contributed by atoms with Gasteiger partial charge >= 0.3 is 0 Å². The molecule has 0 radical (unpaired) electrons. The second-order valence-electron chi connectivity index (χ2n) is 2.86. The van der Waals surface area contributed by atoms with Crippen molar-refractivity contribution in [3.63, 3.8) is 0 Å². The van der Waals surface area contributed by atoms with Crippen molar-refractivity contribution in [1.82, 2.24) is 25.6 Å². The Morgan fingerprint density at radius 2 is 2.00 bits per heavy atom. The van der Waals surface area contributed by atoms with Crippen LogP contribution in [-0.4, -0.2) is 25.6 Å². The van der Waals surface area contributed by atoms with Crippen LogP contribution in [-0.2, 0) is 6.42 Å². The molecule has 2 aromatic heterocycles. The summed E-state index contributed by atoms with van der Waals surface area (Å²) in [5.41, 5.74) is 3.67. The Hall–Kier alpha value is -1.91. The Kier molecular flexibility index (Phi) is 1.16. The van der Waals surface area contributed by atoms with Gasteiger partial charge in [-0.05, 0) is 22.1 Å². The first kappa shape index (κ1) is 6.59. The van der Waals surface area contributed by atoms with Gasteiger partial charge in [-0.25, -0.2) is 0 Å². The summed E-state index contributed by atoms with van der Waals surface area (Å²) in [6.07, 6.45) is 2.51. The van der Waals surface area contributed by atoms with Gasteiger partial charge in [0.1, 0.15) is 5.69 Å². The number of rotatable bonds is 0. The van der Waals surface area contributed by atoms with Gasteiger partial charge in [0.15, 0.2) is 0 Å². The van der Waals surface area contributed by atoms with E-state index >= 15 is 0 Å². The molecule has 13 heavy (non-hydrogen) atoms. The van der Waals surface area contributed by atoms with Crippen LogP contribution in [0.1, 0.15) is 11.3 Å². The molecule has 5 nitrogen and oxygen atoms in total. The zero-order chi connectivity index (χ0) is 8.67. The molecular formula is C8H5N5. The van der Waals surface area contributed by atoms with E-state index in [1.165, 1.54) is 0 Å². The molecule has 0 saturated carbocycles.